The Kier molecular flexibility index (Phi) is 4.78. The summed E-state index contributed by atoms with van der Waals surface area (Å²) in [6.45, 7) is 0. The van der Waals surface area contributed by atoms with Crippen LogP contribution >= 0.6 is 0 Å². The number of carbonyl (C=O) groups is 2. The number of nitrogens with zero attached hydrogens (tertiary/aromatic N) is 3. The maximum absolute atomic E-state index is 11.6. The van der Waals surface area contributed by atoms with Crippen LogP contribution in [-0.4, -0.2) is 36.9 Å². The summed E-state index contributed by atoms with van der Waals surface area (Å²) in [7, 11) is 0. The summed E-state index contributed by atoms with van der Waals surface area (Å²) in [6.07, 6.45) is 0. The van der Waals surface area contributed by atoms with Crippen molar-refractivity contribution in [3.8, 4) is 11.1 Å². The summed E-state index contributed by atoms with van der Waals surface area (Å²) >= 11 is 0. The van der Waals surface area contributed by atoms with E-state index in [1.165, 1.54) is 0 Å². The summed E-state index contributed by atoms with van der Waals surface area (Å²) in [6, 6.07) is 3.56. The Morgan fingerprint density at radius 2 is 1.15 bits per heavy atom. The summed E-state index contributed by atoms with van der Waals surface area (Å²) in [5.74, 6) is -3.72. The topological polar surface area (TPSA) is 204 Å². The number of rotatable bonds is 6. The van der Waals surface area contributed by atoms with Crippen molar-refractivity contribution >= 4 is 29.0 Å². The van der Waals surface area contributed by atoms with Crippen molar-refractivity contribution < 1.29 is 34.6 Å². The molecule has 0 saturated carbocycles. The molecule has 0 heterocycles. The number of aromatic carboxylic acids is 2. The normalized spacial score (nSPS) is 10.2. The molecule has 2 aromatic carbocycles. The fourth-order valence-corrected chi connectivity index (χ4v) is 2.43. The Balaban J connectivity index is 3.13. The highest BCUT2D eigenvalue weighted by Gasteiger charge is 2.34. The molecule has 0 bridgehead atoms. The minimum absolute atomic E-state index is 0.477. The van der Waals surface area contributed by atoms with Gasteiger partial charge in [0.1, 0.15) is 5.56 Å². The molecule has 0 aliphatic carbocycles. The first-order valence-corrected chi connectivity index (χ1v) is 6.77. The minimum atomic E-state index is -1.86. The van der Waals surface area contributed by atoms with Gasteiger partial charge in [0.05, 0.1) is 25.9 Å². The second-order valence-corrected chi connectivity index (χ2v) is 4.97. The third kappa shape index (κ3) is 3.37. The summed E-state index contributed by atoms with van der Waals surface area (Å²) < 4.78 is 0. The van der Waals surface area contributed by atoms with Crippen molar-refractivity contribution in [2.75, 3.05) is 0 Å². The van der Waals surface area contributed by atoms with E-state index in [4.69, 9.17) is 0 Å². The summed E-state index contributed by atoms with van der Waals surface area (Å²) in [4.78, 5) is 53.5. The SMILES string of the molecule is O=C(O)c1cc([N+](=O)[O-])cc(C(=O)O)c1-c1c([N+](=O)[O-])cccc1[N+](=O)[O-]. The molecule has 2 aromatic rings. The van der Waals surface area contributed by atoms with Gasteiger partial charge >= 0.3 is 11.9 Å². The molecule has 2 rings (SSSR count). The number of carboxylic acids is 2. The van der Waals surface area contributed by atoms with Crippen LogP contribution in [0, 0.1) is 30.3 Å². The first kappa shape index (κ1) is 18.9. The van der Waals surface area contributed by atoms with E-state index in [1.54, 1.807) is 0 Å². The summed E-state index contributed by atoms with van der Waals surface area (Å²) in [5.41, 5.74) is -6.52. The third-order valence-electron chi connectivity index (χ3n) is 3.46. The van der Waals surface area contributed by atoms with Gasteiger partial charge < -0.3 is 10.2 Å². The predicted molar refractivity (Wildman–Crippen MR) is 85.8 cm³/mol. The molecule has 0 atom stereocenters. The van der Waals surface area contributed by atoms with E-state index in [1.807, 2.05) is 0 Å². The first-order valence-electron chi connectivity index (χ1n) is 6.77. The number of hydrogen-bond donors (Lipinski definition) is 2. The molecule has 0 aliphatic heterocycles. The molecule has 0 spiro atoms. The molecular formula is C14H7N3O10. The number of non-ortho nitro benzene ring substituents is 1. The van der Waals surface area contributed by atoms with Crippen LogP contribution in [0.15, 0.2) is 30.3 Å². The predicted octanol–water partition coefficient (Wildman–Crippen LogP) is 2.47. The van der Waals surface area contributed by atoms with Gasteiger partial charge in [-0.25, -0.2) is 9.59 Å². The standard InChI is InChI=1S/C14H7N3O10/c18-13(19)7-4-6(15(22)23)5-8(14(20)21)11(7)12-9(16(24)25)2-1-3-10(12)17(26)27/h1-5H,(H,18,19)(H,20,21). The quantitative estimate of drug-likeness (QED) is 0.555. The van der Waals surface area contributed by atoms with E-state index in [-0.39, 0.29) is 0 Å². The lowest BCUT2D eigenvalue weighted by Crippen LogP contribution is -2.10. The lowest BCUT2D eigenvalue weighted by molar-refractivity contribution is -0.392. The van der Waals surface area contributed by atoms with Crippen LogP contribution < -0.4 is 0 Å². The molecule has 2 N–H and O–H groups in total. The van der Waals surface area contributed by atoms with Crippen LogP contribution in [0.25, 0.3) is 11.1 Å². The van der Waals surface area contributed by atoms with Crippen molar-refractivity contribution in [3.05, 3.63) is 71.8 Å². The van der Waals surface area contributed by atoms with Crippen molar-refractivity contribution in [1.29, 1.82) is 0 Å². The van der Waals surface area contributed by atoms with Crippen LogP contribution in [0.2, 0.25) is 0 Å². The first-order chi connectivity index (χ1) is 12.6. The third-order valence-corrected chi connectivity index (χ3v) is 3.46. The monoisotopic (exact) mass is 377 g/mol. The van der Waals surface area contributed by atoms with Crippen LogP contribution in [0.4, 0.5) is 17.1 Å². The van der Waals surface area contributed by atoms with Gasteiger partial charge in [0.15, 0.2) is 0 Å². The van der Waals surface area contributed by atoms with E-state index < -0.39 is 66.0 Å². The number of hydrogen-bond acceptors (Lipinski definition) is 8. The molecule has 27 heavy (non-hydrogen) atoms. The molecule has 0 fully saturated rings. The van der Waals surface area contributed by atoms with E-state index >= 15 is 0 Å². The molecule has 0 radical (unpaired) electrons. The maximum atomic E-state index is 11.6. The van der Waals surface area contributed by atoms with Gasteiger partial charge in [-0.05, 0) is 6.07 Å². The maximum Gasteiger partial charge on any atom is 0.336 e. The average Bonchev–Trinajstić information content (AvgIpc) is 2.59. The fourth-order valence-electron chi connectivity index (χ4n) is 2.43. The van der Waals surface area contributed by atoms with E-state index in [2.05, 4.69) is 0 Å². The van der Waals surface area contributed by atoms with Crippen LogP contribution in [-0.2, 0) is 0 Å². The molecule has 0 unspecified atom stereocenters. The Labute approximate surface area is 147 Å². The lowest BCUT2D eigenvalue weighted by atomic mass is 9.91. The molecule has 0 aromatic heterocycles. The van der Waals surface area contributed by atoms with Gasteiger partial charge in [0.2, 0.25) is 0 Å². The number of carboxylic acid groups (broad SMARTS) is 2. The molecule has 13 nitrogen and oxygen atoms in total. The number of nitro groups is 3. The second-order valence-electron chi connectivity index (χ2n) is 4.97. The zero-order chi connectivity index (χ0) is 20.5. The second kappa shape index (κ2) is 6.83. The molecule has 0 saturated heterocycles. The lowest BCUT2D eigenvalue weighted by Gasteiger charge is -2.11. The zero-order valence-corrected chi connectivity index (χ0v) is 12.9. The van der Waals surface area contributed by atoms with Gasteiger partial charge in [0.25, 0.3) is 17.1 Å². The Morgan fingerprint density at radius 1 is 0.741 bits per heavy atom. The van der Waals surface area contributed by atoms with Crippen LogP contribution in [0.5, 0.6) is 0 Å². The van der Waals surface area contributed by atoms with Crippen LogP contribution in [0.1, 0.15) is 20.7 Å². The highest BCUT2D eigenvalue weighted by molar-refractivity contribution is 6.08. The number of nitro benzene ring substituents is 3. The van der Waals surface area contributed by atoms with Crippen molar-refractivity contribution in [1.82, 2.24) is 0 Å². The van der Waals surface area contributed by atoms with Gasteiger partial charge in [-0.15, -0.1) is 0 Å². The van der Waals surface area contributed by atoms with Crippen molar-refractivity contribution in [3.63, 3.8) is 0 Å². The molecule has 13 heteroatoms. The van der Waals surface area contributed by atoms with Crippen molar-refractivity contribution in [2.24, 2.45) is 0 Å². The molecule has 0 amide bonds. The fraction of sp³-hybridized carbons (Fsp3) is 0. The number of benzene rings is 2. The Bertz CT molecular complexity index is 963. The van der Waals surface area contributed by atoms with Gasteiger partial charge in [-0.2, -0.15) is 0 Å². The Morgan fingerprint density at radius 3 is 1.44 bits per heavy atom. The van der Waals surface area contributed by atoms with E-state index in [9.17, 15) is 50.1 Å². The van der Waals surface area contributed by atoms with E-state index in [0.717, 1.165) is 18.2 Å². The van der Waals surface area contributed by atoms with Gasteiger partial charge in [0, 0.05) is 29.8 Å². The largest absolute Gasteiger partial charge is 0.478 e. The minimum Gasteiger partial charge on any atom is -0.478 e. The van der Waals surface area contributed by atoms with Crippen LogP contribution in [0.3, 0.4) is 0 Å². The zero-order valence-electron chi connectivity index (χ0n) is 12.9. The highest BCUT2D eigenvalue weighted by Crippen LogP contribution is 2.42. The van der Waals surface area contributed by atoms with E-state index in [0.29, 0.717) is 12.1 Å². The molecular weight excluding hydrogens is 370 g/mol. The molecule has 138 valence electrons. The van der Waals surface area contributed by atoms with Gasteiger partial charge in [-0.1, -0.05) is 0 Å². The smallest absolute Gasteiger partial charge is 0.336 e. The molecule has 0 aliphatic rings. The van der Waals surface area contributed by atoms with Gasteiger partial charge in [-0.3, -0.25) is 30.3 Å². The van der Waals surface area contributed by atoms with Crippen molar-refractivity contribution in [2.45, 2.75) is 0 Å². The highest BCUT2D eigenvalue weighted by atomic mass is 16.6. The average molecular weight is 377 g/mol. The Hall–Kier alpha value is -4.42. The summed E-state index contributed by atoms with van der Waals surface area (Å²) in [5, 5.41) is 52.2.